The summed E-state index contributed by atoms with van der Waals surface area (Å²) < 4.78 is 39.8. The minimum absolute atomic E-state index is 0.264. The van der Waals surface area contributed by atoms with Gasteiger partial charge in [0.1, 0.15) is 10.7 Å². The van der Waals surface area contributed by atoms with Crippen molar-refractivity contribution in [3.05, 3.63) is 23.5 Å². The summed E-state index contributed by atoms with van der Waals surface area (Å²) >= 11 is 0. The number of hydrogen-bond donors (Lipinski definition) is 2. The van der Waals surface area contributed by atoms with Gasteiger partial charge >= 0.3 is 0 Å². The van der Waals surface area contributed by atoms with E-state index in [0.717, 1.165) is 12.1 Å². The third-order valence-corrected chi connectivity index (χ3v) is 4.10. The number of nitrogens with one attached hydrogen (secondary N) is 1. The number of hydrogen-bond acceptors (Lipinski definition) is 3. The number of sulfonamides is 1. The van der Waals surface area contributed by atoms with Crippen LogP contribution in [0.4, 0.5) is 10.1 Å². The number of halogens is 1. The topological polar surface area (TPSA) is 72.2 Å². The number of nitrogen functional groups attached to an aromatic ring is 1. The molecule has 0 bridgehead atoms. The molecule has 0 unspecified atom stereocenters. The molecule has 0 spiro atoms. The molecule has 4 nitrogen and oxygen atoms in total. The Bertz CT molecular complexity index is 527. The molecule has 18 heavy (non-hydrogen) atoms. The Morgan fingerprint density at radius 2 is 2.00 bits per heavy atom. The quantitative estimate of drug-likeness (QED) is 0.807. The van der Waals surface area contributed by atoms with Crippen LogP contribution in [0.25, 0.3) is 0 Å². The predicted octanol–water partition coefficient (Wildman–Crippen LogP) is 2.04. The fraction of sp³-hybridized carbons (Fsp3) is 0.500. The lowest BCUT2D eigenvalue weighted by molar-refractivity contribution is 0.540. The summed E-state index contributed by atoms with van der Waals surface area (Å²) in [5, 5.41) is 0. The van der Waals surface area contributed by atoms with Crippen LogP contribution in [-0.4, -0.2) is 15.0 Å². The first-order valence-corrected chi connectivity index (χ1v) is 7.27. The first kappa shape index (κ1) is 14.9. The largest absolute Gasteiger partial charge is 0.398 e. The number of aryl methyl sites for hydroxylation is 1. The van der Waals surface area contributed by atoms with Crippen molar-refractivity contribution >= 4 is 15.7 Å². The van der Waals surface area contributed by atoms with Crippen LogP contribution in [-0.2, 0) is 10.0 Å². The minimum Gasteiger partial charge on any atom is -0.398 e. The van der Waals surface area contributed by atoms with Crippen molar-refractivity contribution in [2.45, 2.75) is 32.1 Å². The molecule has 102 valence electrons. The lowest BCUT2D eigenvalue weighted by Crippen LogP contribution is -2.26. The molecule has 1 aromatic carbocycles. The average Bonchev–Trinajstić information content (AvgIpc) is 2.22. The Kier molecular flexibility index (Phi) is 4.70. The van der Waals surface area contributed by atoms with Crippen LogP contribution in [0.1, 0.15) is 25.8 Å². The van der Waals surface area contributed by atoms with Crippen LogP contribution in [0.15, 0.2) is 17.0 Å². The molecule has 1 rings (SSSR count). The number of benzene rings is 1. The van der Waals surface area contributed by atoms with Crippen LogP contribution < -0.4 is 10.5 Å². The number of anilines is 1. The highest BCUT2D eigenvalue weighted by molar-refractivity contribution is 7.89. The van der Waals surface area contributed by atoms with Crippen molar-refractivity contribution in [2.75, 3.05) is 12.3 Å². The van der Waals surface area contributed by atoms with Gasteiger partial charge in [-0.25, -0.2) is 17.5 Å². The summed E-state index contributed by atoms with van der Waals surface area (Å²) in [6, 6.07) is 2.29. The van der Waals surface area contributed by atoms with Gasteiger partial charge in [-0.2, -0.15) is 0 Å². The van der Waals surface area contributed by atoms with Gasteiger partial charge in [-0.15, -0.1) is 0 Å². The summed E-state index contributed by atoms with van der Waals surface area (Å²) in [5.41, 5.74) is 6.39. The maximum atomic E-state index is 13.6. The number of nitrogens with two attached hydrogens (primary N) is 1. The van der Waals surface area contributed by atoms with Crippen molar-refractivity contribution in [3.8, 4) is 0 Å². The SMILES string of the molecule is Cc1cc(F)c(S(=O)(=O)NCCC(C)C)cc1N. The van der Waals surface area contributed by atoms with Gasteiger partial charge in [0, 0.05) is 12.2 Å². The third-order valence-electron chi connectivity index (χ3n) is 2.62. The van der Waals surface area contributed by atoms with E-state index in [2.05, 4.69) is 4.72 Å². The van der Waals surface area contributed by atoms with Crippen LogP contribution in [0, 0.1) is 18.7 Å². The highest BCUT2D eigenvalue weighted by Gasteiger charge is 2.19. The molecular weight excluding hydrogens is 255 g/mol. The van der Waals surface area contributed by atoms with Gasteiger partial charge in [-0.1, -0.05) is 13.8 Å². The van der Waals surface area contributed by atoms with Crippen molar-refractivity contribution in [3.63, 3.8) is 0 Å². The van der Waals surface area contributed by atoms with E-state index in [9.17, 15) is 12.8 Å². The Morgan fingerprint density at radius 1 is 1.39 bits per heavy atom. The maximum absolute atomic E-state index is 13.6. The van der Waals surface area contributed by atoms with Gasteiger partial charge in [0.05, 0.1) is 0 Å². The van der Waals surface area contributed by atoms with Gasteiger partial charge in [0.15, 0.2) is 0 Å². The fourth-order valence-electron chi connectivity index (χ4n) is 1.43. The first-order valence-electron chi connectivity index (χ1n) is 5.79. The van der Waals surface area contributed by atoms with E-state index in [-0.39, 0.29) is 12.2 Å². The standard InChI is InChI=1S/C12H19FN2O2S/c1-8(2)4-5-15-18(16,17)12-7-11(14)9(3)6-10(12)13/h6-8,15H,4-5,14H2,1-3H3. The second-order valence-corrected chi connectivity index (χ2v) is 6.45. The van der Waals surface area contributed by atoms with E-state index >= 15 is 0 Å². The monoisotopic (exact) mass is 274 g/mol. The molecule has 0 aliphatic rings. The van der Waals surface area contributed by atoms with Crippen LogP contribution in [0.3, 0.4) is 0 Å². The van der Waals surface area contributed by atoms with Crippen molar-refractivity contribution in [1.29, 1.82) is 0 Å². The highest BCUT2D eigenvalue weighted by Crippen LogP contribution is 2.21. The molecular formula is C12H19FN2O2S. The van der Waals surface area contributed by atoms with E-state index in [1.807, 2.05) is 13.8 Å². The lowest BCUT2D eigenvalue weighted by atomic mass is 10.1. The molecule has 0 aliphatic heterocycles. The molecule has 0 amide bonds. The zero-order chi connectivity index (χ0) is 13.9. The van der Waals surface area contributed by atoms with E-state index < -0.39 is 20.7 Å². The smallest absolute Gasteiger partial charge is 0.243 e. The van der Waals surface area contributed by atoms with E-state index in [1.54, 1.807) is 6.92 Å². The van der Waals surface area contributed by atoms with Gasteiger partial charge in [0.25, 0.3) is 0 Å². The van der Waals surface area contributed by atoms with Crippen molar-refractivity contribution in [2.24, 2.45) is 5.92 Å². The van der Waals surface area contributed by atoms with E-state index in [1.165, 1.54) is 0 Å². The van der Waals surface area contributed by atoms with Crippen molar-refractivity contribution in [1.82, 2.24) is 4.72 Å². The number of rotatable bonds is 5. The normalized spacial score (nSPS) is 12.1. The molecule has 0 saturated heterocycles. The Morgan fingerprint density at radius 3 is 2.56 bits per heavy atom. The molecule has 0 aromatic heterocycles. The molecule has 0 saturated carbocycles. The average molecular weight is 274 g/mol. The molecule has 0 heterocycles. The Balaban J connectivity index is 2.95. The molecule has 6 heteroatoms. The predicted molar refractivity (Wildman–Crippen MR) is 70.2 cm³/mol. The van der Waals surface area contributed by atoms with E-state index in [0.29, 0.717) is 17.9 Å². The van der Waals surface area contributed by atoms with Crippen LogP contribution in [0.5, 0.6) is 0 Å². The van der Waals surface area contributed by atoms with Crippen LogP contribution in [0.2, 0.25) is 0 Å². The Hall–Kier alpha value is -1.14. The molecule has 0 aliphatic carbocycles. The van der Waals surface area contributed by atoms with Gasteiger partial charge in [0.2, 0.25) is 10.0 Å². The van der Waals surface area contributed by atoms with Gasteiger partial charge < -0.3 is 5.73 Å². The molecule has 1 aromatic rings. The first-order chi connectivity index (χ1) is 8.24. The molecule has 0 radical (unpaired) electrons. The summed E-state index contributed by atoms with van der Waals surface area (Å²) in [5.74, 6) is -0.403. The fourth-order valence-corrected chi connectivity index (χ4v) is 2.57. The third kappa shape index (κ3) is 3.68. The molecule has 0 atom stereocenters. The zero-order valence-corrected chi connectivity index (χ0v) is 11.6. The minimum atomic E-state index is -3.83. The molecule has 3 N–H and O–H groups in total. The zero-order valence-electron chi connectivity index (χ0n) is 10.8. The summed E-state index contributed by atoms with van der Waals surface area (Å²) in [6.45, 7) is 5.88. The molecule has 0 fully saturated rings. The Labute approximate surface area is 107 Å². The van der Waals surface area contributed by atoms with Crippen molar-refractivity contribution < 1.29 is 12.8 Å². The second kappa shape index (κ2) is 5.67. The van der Waals surface area contributed by atoms with E-state index in [4.69, 9.17) is 5.73 Å². The van der Waals surface area contributed by atoms with Gasteiger partial charge in [-0.3, -0.25) is 0 Å². The highest BCUT2D eigenvalue weighted by atomic mass is 32.2. The second-order valence-electron chi connectivity index (χ2n) is 4.72. The summed E-state index contributed by atoms with van der Waals surface area (Å²) in [4.78, 5) is -0.394. The van der Waals surface area contributed by atoms with Gasteiger partial charge in [-0.05, 0) is 37.0 Å². The summed E-state index contributed by atoms with van der Waals surface area (Å²) in [6.07, 6.45) is 0.697. The summed E-state index contributed by atoms with van der Waals surface area (Å²) in [7, 11) is -3.83. The maximum Gasteiger partial charge on any atom is 0.243 e. The van der Waals surface area contributed by atoms with Crippen LogP contribution >= 0.6 is 0 Å². The lowest BCUT2D eigenvalue weighted by Gasteiger charge is -2.10.